The number of halogens is 9. The number of alkyl halides is 9. The van der Waals surface area contributed by atoms with Gasteiger partial charge in [0.1, 0.15) is 0 Å². The molecule has 188 valence electrons. The minimum absolute atomic E-state index is 0.0314. The zero-order valence-electron chi connectivity index (χ0n) is 17.9. The summed E-state index contributed by atoms with van der Waals surface area (Å²) < 4.78 is 127. The molecule has 3 N–H and O–H groups in total. The van der Waals surface area contributed by atoms with Gasteiger partial charge in [-0.15, -0.1) is 0 Å². The molecule has 1 unspecified atom stereocenters. The number of methoxy groups -OCH3 is 1. The third-order valence-electron chi connectivity index (χ3n) is 5.24. The molecule has 13 heteroatoms. The lowest BCUT2D eigenvalue weighted by atomic mass is 9.82. The average molecular weight is 502 g/mol. The number of hydrogen-bond acceptors (Lipinski definition) is 3. The molecule has 0 aliphatic carbocycles. The van der Waals surface area contributed by atoms with Crippen LogP contribution in [0.5, 0.6) is 5.75 Å². The Bertz CT molecular complexity index is 1080. The Morgan fingerprint density at radius 1 is 0.971 bits per heavy atom. The quantitative estimate of drug-likeness (QED) is 0.359. The van der Waals surface area contributed by atoms with Crippen LogP contribution >= 0.6 is 0 Å². The van der Waals surface area contributed by atoms with E-state index in [-0.39, 0.29) is 40.7 Å². The Morgan fingerprint density at radius 2 is 1.56 bits per heavy atom. The number of nitrogens with one attached hydrogen (secondary N) is 1. The van der Waals surface area contributed by atoms with Gasteiger partial charge in [0, 0.05) is 11.3 Å². The van der Waals surface area contributed by atoms with E-state index in [1.807, 2.05) is 0 Å². The number of hydrogen-bond donors (Lipinski definition) is 2. The van der Waals surface area contributed by atoms with Crippen molar-refractivity contribution in [1.82, 2.24) is 0 Å². The van der Waals surface area contributed by atoms with Gasteiger partial charge in [-0.1, -0.05) is 19.1 Å². The standard InChI is InChI=1S/C21H19F9N2O2/c1-4-11-10(2)13(18(22,20(25,26)27)19(23,24)21(28,29)30)8-9-15(11)32-17(33)12-6-5-7-14(31)16(12)34-3/h5-9H,4,31H2,1-3H3,(H,32,33). The highest BCUT2D eigenvalue weighted by atomic mass is 19.4. The van der Waals surface area contributed by atoms with Gasteiger partial charge in [-0.2, -0.15) is 35.1 Å². The van der Waals surface area contributed by atoms with Crippen LogP contribution in [0.4, 0.5) is 50.9 Å². The molecule has 0 saturated heterocycles. The molecule has 0 aromatic heterocycles. The van der Waals surface area contributed by atoms with E-state index in [9.17, 15) is 44.3 Å². The number of nitrogens with two attached hydrogens (primary N) is 1. The lowest BCUT2D eigenvalue weighted by molar-refractivity contribution is -0.389. The zero-order valence-corrected chi connectivity index (χ0v) is 17.9. The first-order chi connectivity index (χ1) is 15.5. The fraction of sp³-hybridized carbons (Fsp3) is 0.381. The van der Waals surface area contributed by atoms with Crippen molar-refractivity contribution < 1.29 is 49.0 Å². The van der Waals surface area contributed by atoms with Crippen molar-refractivity contribution in [3.63, 3.8) is 0 Å². The second kappa shape index (κ2) is 8.91. The van der Waals surface area contributed by atoms with Crippen molar-refractivity contribution in [2.75, 3.05) is 18.2 Å². The normalized spacial score (nSPS) is 14.5. The second-order valence-corrected chi connectivity index (χ2v) is 7.23. The van der Waals surface area contributed by atoms with Gasteiger partial charge in [-0.3, -0.25) is 4.79 Å². The van der Waals surface area contributed by atoms with E-state index in [4.69, 9.17) is 10.5 Å². The van der Waals surface area contributed by atoms with E-state index in [2.05, 4.69) is 5.32 Å². The number of rotatable bonds is 6. The molecule has 2 aromatic rings. The average Bonchev–Trinajstić information content (AvgIpc) is 2.71. The summed E-state index contributed by atoms with van der Waals surface area (Å²) in [4.78, 5) is 12.7. The SMILES string of the molecule is CCc1c(NC(=O)c2cccc(N)c2OC)ccc(C(F)(C(F)(F)F)C(F)(F)C(F)(F)F)c1C. The van der Waals surface area contributed by atoms with Gasteiger partial charge >= 0.3 is 23.9 Å². The van der Waals surface area contributed by atoms with Gasteiger partial charge in [-0.05, 0) is 42.7 Å². The number of ether oxygens (including phenoxy) is 1. The maximum Gasteiger partial charge on any atom is 0.457 e. The highest BCUT2D eigenvalue weighted by Gasteiger charge is 2.82. The molecule has 0 heterocycles. The smallest absolute Gasteiger partial charge is 0.457 e. The summed E-state index contributed by atoms with van der Waals surface area (Å²) in [6.07, 6.45) is -13.7. The van der Waals surface area contributed by atoms with Gasteiger partial charge in [0.25, 0.3) is 5.91 Å². The van der Waals surface area contributed by atoms with Crippen LogP contribution in [0, 0.1) is 6.92 Å². The monoisotopic (exact) mass is 502 g/mol. The molecule has 0 aliphatic heterocycles. The van der Waals surface area contributed by atoms with Crippen molar-refractivity contribution in [2.45, 2.75) is 44.2 Å². The highest BCUT2D eigenvalue weighted by Crippen LogP contribution is 2.59. The van der Waals surface area contributed by atoms with Crippen LogP contribution in [-0.4, -0.2) is 31.3 Å². The maximum absolute atomic E-state index is 15.0. The zero-order chi connectivity index (χ0) is 26.3. The van der Waals surface area contributed by atoms with E-state index in [0.29, 0.717) is 6.07 Å². The largest absolute Gasteiger partial charge is 0.494 e. The van der Waals surface area contributed by atoms with Crippen molar-refractivity contribution in [3.8, 4) is 5.75 Å². The van der Waals surface area contributed by atoms with Crippen LogP contribution in [0.2, 0.25) is 0 Å². The summed E-state index contributed by atoms with van der Waals surface area (Å²) in [5, 5.41) is 2.32. The molecule has 0 bridgehead atoms. The van der Waals surface area contributed by atoms with E-state index in [0.717, 1.165) is 6.92 Å². The lowest BCUT2D eigenvalue weighted by Gasteiger charge is -2.37. The van der Waals surface area contributed by atoms with Crippen molar-refractivity contribution in [2.24, 2.45) is 0 Å². The number of benzene rings is 2. The predicted molar refractivity (Wildman–Crippen MR) is 106 cm³/mol. The molecule has 0 fully saturated rings. The molecular formula is C21H19F9N2O2. The molecule has 0 radical (unpaired) electrons. The Hall–Kier alpha value is -3.12. The number of nitrogen functional groups attached to an aromatic ring is 1. The molecule has 4 nitrogen and oxygen atoms in total. The Labute approximate surface area is 187 Å². The fourth-order valence-electron chi connectivity index (χ4n) is 3.55. The van der Waals surface area contributed by atoms with Crippen molar-refractivity contribution >= 4 is 17.3 Å². The third kappa shape index (κ3) is 4.23. The predicted octanol–water partition coefficient (Wildman–Crippen LogP) is 6.33. The van der Waals surface area contributed by atoms with Crippen LogP contribution in [0.3, 0.4) is 0 Å². The summed E-state index contributed by atoms with van der Waals surface area (Å²) in [7, 11) is 1.22. The van der Waals surface area contributed by atoms with Crippen molar-refractivity contribution in [1.29, 1.82) is 0 Å². The number of carbonyl (C=O) groups excluding carboxylic acids is 1. The molecule has 1 atom stereocenters. The van der Waals surface area contributed by atoms with E-state index < -0.39 is 41.0 Å². The van der Waals surface area contributed by atoms with Gasteiger partial charge in [0.2, 0.25) is 0 Å². The summed E-state index contributed by atoms with van der Waals surface area (Å²) in [5.74, 6) is -7.70. The van der Waals surface area contributed by atoms with Gasteiger partial charge in [0.05, 0.1) is 18.4 Å². The molecule has 2 aromatic carbocycles. The van der Waals surface area contributed by atoms with Crippen LogP contribution < -0.4 is 15.8 Å². The van der Waals surface area contributed by atoms with E-state index in [1.54, 1.807) is 0 Å². The molecule has 34 heavy (non-hydrogen) atoms. The number of para-hydroxylation sites is 1. The Balaban J connectivity index is 2.67. The minimum atomic E-state index is -6.84. The van der Waals surface area contributed by atoms with Gasteiger partial charge in [-0.25, -0.2) is 4.39 Å². The molecule has 1 amide bonds. The number of anilines is 2. The first kappa shape index (κ1) is 27.1. The van der Waals surface area contributed by atoms with Crippen molar-refractivity contribution in [3.05, 3.63) is 52.6 Å². The molecule has 0 aliphatic rings. The van der Waals surface area contributed by atoms with Crippen LogP contribution in [-0.2, 0) is 12.1 Å². The van der Waals surface area contributed by atoms with Crippen LogP contribution in [0.1, 0.15) is 34.0 Å². The van der Waals surface area contributed by atoms with Gasteiger partial charge < -0.3 is 15.8 Å². The first-order valence-corrected chi connectivity index (χ1v) is 9.52. The summed E-state index contributed by atoms with van der Waals surface area (Å²) >= 11 is 0. The van der Waals surface area contributed by atoms with Gasteiger partial charge in [0.15, 0.2) is 5.75 Å². The summed E-state index contributed by atoms with van der Waals surface area (Å²) in [6, 6.07) is 4.91. The molecule has 0 spiro atoms. The second-order valence-electron chi connectivity index (χ2n) is 7.23. The summed E-state index contributed by atoms with van der Waals surface area (Å²) in [5.41, 5.74) is -3.63. The fourth-order valence-corrected chi connectivity index (χ4v) is 3.55. The van der Waals surface area contributed by atoms with Crippen LogP contribution in [0.25, 0.3) is 0 Å². The lowest BCUT2D eigenvalue weighted by Crippen LogP contribution is -2.60. The first-order valence-electron chi connectivity index (χ1n) is 9.52. The Morgan fingerprint density at radius 3 is 2.03 bits per heavy atom. The number of carbonyl (C=O) groups is 1. The number of amides is 1. The highest BCUT2D eigenvalue weighted by molar-refractivity contribution is 6.07. The van der Waals surface area contributed by atoms with E-state index >= 15 is 0 Å². The third-order valence-corrected chi connectivity index (χ3v) is 5.24. The summed E-state index contributed by atoms with van der Waals surface area (Å²) in [6.45, 7) is 2.09. The molecular weight excluding hydrogens is 483 g/mol. The molecule has 2 rings (SSSR count). The maximum atomic E-state index is 15.0. The Kier molecular flexibility index (Phi) is 7.11. The topological polar surface area (TPSA) is 64.4 Å². The van der Waals surface area contributed by atoms with E-state index in [1.165, 1.54) is 32.2 Å². The molecule has 0 saturated carbocycles. The van der Waals surface area contributed by atoms with Crippen LogP contribution in [0.15, 0.2) is 30.3 Å². The minimum Gasteiger partial charge on any atom is -0.494 e.